The Morgan fingerprint density at radius 1 is 1.18 bits per heavy atom. The van der Waals surface area contributed by atoms with E-state index in [2.05, 4.69) is 22.2 Å². The second-order valence-electron chi connectivity index (χ2n) is 9.12. The lowest BCUT2D eigenvalue weighted by molar-refractivity contribution is -0.137. The number of nitrogens with one attached hydrogen (secondary N) is 2. The van der Waals surface area contributed by atoms with Crippen LogP contribution < -0.4 is 10.6 Å². The lowest BCUT2D eigenvalue weighted by Gasteiger charge is -2.33. The summed E-state index contributed by atoms with van der Waals surface area (Å²) in [5, 5.41) is 7.27. The first kappa shape index (κ1) is 28.6. The van der Waals surface area contributed by atoms with Crippen LogP contribution in [-0.4, -0.2) is 48.3 Å². The number of hydrogen-bond acceptors (Lipinski definition) is 7. The number of rotatable bonds is 12. The van der Waals surface area contributed by atoms with Crippen LogP contribution in [-0.2, 0) is 28.9 Å². The number of aromatic nitrogens is 1. The normalized spacial score (nSPS) is 15.7. The smallest absolute Gasteiger partial charge is 0.371 e. The fourth-order valence-corrected chi connectivity index (χ4v) is 5.02. The van der Waals surface area contributed by atoms with Crippen molar-refractivity contribution in [3.8, 4) is 0 Å². The van der Waals surface area contributed by atoms with E-state index in [9.17, 15) is 18.0 Å². The topological polar surface area (TPSA) is 75.7 Å². The molecule has 11 heteroatoms. The van der Waals surface area contributed by atoms with Crippen LogP contribution in [0.4, 0.5) is 24.0 Å². The van der Waals surface area contributed by atoms with Gasteiger partial charge in [-0.25, -0.2) is 4.98 Å². The summed E-state index contributed by atoms with van der Waals surface area (Å²) in [5.74, 6) is -0.0150. The number of alkyl halides is 3. The maximum absolute atomic E-state index is 13.1. The molecule has 2 aromatic carbocycles. The molecule has 3 aromatic rings. The largest absolute Gasteiger partial charge is 0.416 e. The Morgan fingerprint density at radius 2 is 2.00 bits per heavy atom. The molecule has 0 radical (unpaired) electrons. The van der Waals surface area contributed by atoms with Crippen LogP contribution >= 0.6 is 11.3 Å². The molecule has 1 amide bonds. The quantitative estimate of drug-likeness (QED) is 0.157. The van der Waals surface area contributed by atoms with Crippen LogP contribution in [0.15, 0.2) is 67.4 Å². The zero-order valence-electron chi connectivity index (χ0n) is 21.4. The van der Waals surface area contributed by atoms with Gasteiger partial charge in [0, 0.05) is 36.6 Å². The van der Waals surface area contributed by atoms with Gasteiger partial charge in [0.15, 0.2) is 5.13 Å². The van der Waals surface area contributed by atoms with Crippen LogP contribution in [0.1, 0.15) is 39.2 Å². The summed E-state index contributed by atoms with van der Waals surface area (Å²) < 4.78 is 49.6. The highest BCUT2D eigenvalue weighted by molar-refractivity contribution is 7.15. The minimum atomic E-state index is -4.38. The Bertz CT molecular complexity index is 1230. The Balaban J connectivity index is 1.24. The molecule has 1 aliphatic rings. The van der Waals surface area contributed by atoms with Gasteiger partial charge in [0.25, 0.3) is 5.91 Å². The van der Waals surface area contributed by atoms with Gasteiger partial charge in [-0.05, 0) is 54.8 Å². The van der Waals surface area contributed by atoms with Crippen LogP contribution in [0.2, 0.25) is 0 Å². The minimum Gasteiger partial charge on any atom is -0.371 e. The van der Waals surface area contributed by atoms with E-state index >= 15 is 0 Å². The SMILES string of the molecule is C=CCOCNc1ccc(C(=O)N2CCCC(Nc3ncc(COCc4cccc(C(F)(F)F)c4)s3)C2)cc1. The molecule has 1 aliphatic heterocycles. The first-order valence-corrected chi connectivity index (χ1v) is 13.4. The molecular formula is C28H31F3N4O3S. The van der Waals surface area contributed by atoms with Gasteiger partial charge in [-0.3, -0.25) is 4.79 Å². The fraction of sp³-hybridized carbons (Fsp3) is 0.357. The number of likely N-dealkylation sites (tertiary alicyclic amines) is 1. The van der Waals surface area contributed by atoms with Gasteiger partial charge in [0.1, 0.15) is 6.73 Å². The number of amides is 1. The lowest BCUT2D eigenvalue weighted by atomic mass is 10.0. The molecule has 0 bridgehead atoms. The molecule has 1 saturated heterocycles. The highest BCUT2D eigenvalue weighted by atomic mass is 32.1. The van der Waals surface area contributed by atoms with Crippen molar-refractivity contribution in [2.75, 3.05) is 37.1 Å². The summed E-state index contributed by atoms with van der Waals surface area (Å²) in [5.41, 5.74) is 1.27. The molecule has 2 heterocycles. The monoisotopic (exact) mass is 560 g/mol. The molecule has 0 aliphatic carbocycles. The van der Waals surface area contributed by atoms with Crippen LogP contribution in [0.25, 0.3) is 0 Å². The molecule has 208 valence electrons. The number of carbonyl (C=O) groups is 1. The maximum atomic E-state index is 13.1. The van der Waals surface area contributed by atoms with E-state index in [1.165, 1.54) is 17.4 Å². The number of hydrogen-bond donors (Lipinski definition) is 2. The summed E-state index contributed by atoms with van der Waals surface area (Å²) in [6, 6.07) is 12.5. The minimum absolute atomic E-state index is 0.0150. The second kappa shape index (κ2) is 13.6. The summed E-state index contributed by atoms with van der Waals surface area (Å²) in [6.45, 7) is 6.01. The van der Waals surface area contributed by atoms with E-state index in [0.29, 0.717) is 37.6 Å². The lowest BCUT2D eigenvalue weighted by Crippen LogP contribution is -2.45. The number of thiazole rings is 1. The third kappa shape index (κ3) is 8.54. The zero-order chi connectivity index (χ0) is 27.7. The van der Waals surface area contributed by atoms with E-state index in [0.717, 1.165) is 40.7 Å². The van der Waals surface area contributed by atoms with E-state index < -0.39 is 11.7 Å². The van der Waals surface area contributed by atoms with Crippen molar-refractivity contribution >= 4 is 28.1 Å². The Kier molecular flexibility index (Phi) is 9.96. The summed E-state index contributed by atoms with van der Waals surface area (Å²) in [6.07, 6.45) is 0.792. The van der Waals surface area contributed by atoms with Crippen molar-refractivity contribution < 1.29 is 27.4 Å². The first-order chi connectivity index (χ1) is 18.8. The average molecular weight is 561 g/mol. The van der Waals surface area contributed by atoms with Gasteiger partial charge in [0.2, 0.25) is 0 Å². The molecule has 4 rings (SSSR count). The standard InChI is InChI=1S/C28H31F3N4O3S/c1-2-13-37-19-33-23-10-8-21(9-11-23)26(36)35-12-4-7-24(16-35)34-27-32-15-25(39-27)18-38-17-20-5-3-6-22(14-20)28(29,30)31/h2-3,5-6,8-11,14-15,24,33H,1,4,7,12-13,16-19H2,(H,32,34). The molecule has 1 unspecified atom stereocenters. The van der Waals surface area contributed by atoms with Crippen LogP contribution in [0.3, 0.4) is 0 Å². The first-order valence-electron chi connectivity index (χ1n) is 12.6. The van der Waals surface area contributed by atoms with Gasteiger partial charge < -0.3 is 25.0 Å². The zero-order valence-corrected chi connectivity index (χ0v) is 22.2. The Hall–Kier alpha value is -3.41. The van der Waals surface area contributed by atoms with Crippen molar-refractivity contribution in [3.05, 3.63) is 89.0 Å². The van der Waals surface area contributed by atoms with Crippen molar-refractivity contribution in [1.29, 1.82) is 0 Å². The molecule has 1 atom stereocenters. The van der Waals surface area contributed by atoms with Gasteiger partial charge in [-0.1, -0.05) is 29.5 Å². The molecule has 1 aromatic heterocycles. The third-order valence-electron chi connectivity index (χ3n) is 6.10. The van der Waals surface area contributed by atoms with Crippen LogP contribution in [0, 0.1) is 0 Å². The number of carbonyl (C=O) groups excluding carboxylic acids is 1. The maximum Gasteiger partial charge on any atom is 0.416 e. The fourth-order valence-electron chi connectivity index (χ4n) is 4.19. The second-order valence-corrected chi connectivity index (χ2v) is 10.2. The van der Waals surface area contributed by atoms with E-state index in [1.54, 1.807) is 18.3 Å². The van der Waals surface area contributed by atoms with Gasteiger partial charge in [-0.2, -0.15) is 13.2 Å². The van der Waals surface area contributed by atoms with Gasteiger partial charge in [-0.15, -0.1) is 6.58 Å². The average Bonchev–Trinajstić information content (AvgIpc) is 3.38. The Morgan fingerprint density at radius 3 is 2.77 bits per heavy atom. The number of halogens is 3. The van der Waals surface area contributed by atoms with Crippen molar-refractivity contribution in [2.24, 2.45) is 0 Å². The highest BCUT2D eigenvalue weighted by Crippen LogP contribution is 2.30. The van der Waals surface area contributed by atoms with E-state index in [4.69, 9.17) is 9.47 Å². The molecule has 0 saturated carbocycles. The summed E-state index contributed by atoms with van der Waals surface area (Å²) in [7, 11) is 0. The molecule has 39 heavy (non-hydrogen) atoms. The number of anilines is 2. The number of ether oxygens (including phenoxy) is 2. The molecule has 0 spiro atoms. The molecule has 1 fully saturated rings. The highest BCUT2D eigenvalue weighted by Gasteiger charge is 2.30. The number of benzene rings is 2. The van der Waals surface area contributed by atoms with Crippen molar-refractivity contribution in [2.45, 2.75) is 38.3 Å². The Labute approximate surface area is 229 Å². The molecular weight excluding hydrogens is 529 g/mol. The predicted octanol–water partition coefficient (Wildman–Crippen LogP) is 6.17. The third-order valence-corrected chi connectivity index (χ3v) is 7.01. The number of nitrogens with zero attached hydrogens (tertiary/aromatic N) is 2. The van der Waals surface area contributed by atoms with Gasteiger partial charge >= 0.3 is 6.18 Å². The predicted molar refractivity (Wildman–Crippen MR) is 146 cm³/mol. The van der Waals surface area contributed by atoms with Crippen molar-refractivity contribution in [3.63, 3.8) is 0 Å². The summed E-state index contributed by atoms with van der Waals surface area (Å²) >= 11 is 1.43. The van der Waals surface area contributed by atoms with Crippen LogP contribution in [0.5, 0.6) is 0 Å². The van der Waals surface area contributed by atoms with Crippen molar-refractivity contribution in [1.82, 2.24) is 9.88 Å². The van der Waals surface area contributed by atoms with Gasteiger partial charge in [0.05, 0.1) is 30.3 Å². The molecule has 7 nitrogen and oxygen atoms in total. The number of piperidine rings is 1. The molecule has 2 N–H and O–H groups in total. The van der Waals surface area contributed by atoms with E-state index in [-0.39, 0.29) is 25.2 Å². The summed E-state index contributed by atoms with van der Waals surface area (Å²) in [4.78, 5) is 20.2. The van der Waals surface area contributed by atoms with E-state index in [1.807, 2.05) is 29.2 Å².